The molecule has 6 nitrogen and oxygen atoms in total. The van der Waals surface area contributed by atoms with Crippen LogP contribution in [0.2, 0.25) is 0 Å². The zero-order valence-electron chi connectivity index (χ0n) is 15.7. The first-order chi connectivity index (χ1) is 13.8. The maximum atomic E-state index is 12.8. The zero-order chi connectivity index (χ0) is 18.9. The second-order valence-electron chi connectivity index (χ2n) is 7.31. The molecule has 1 saturated heterocycles. The fourth-order valence-electron chi connectivity index (χ4n) is 3.99. The Kier molecular flexibility index (Phi) is 4.31. The van der Waals surface area contributed by atoms with Gasteiger partial charge in [0, 0.05) is 42.8 Å². The first kappa shape index (κ1) is 17.0. The minimum atomic E-state index is 0.0486. The van der Waals surface area contributed by atoms with Gasteiger partial charge in [-0.1, -0.05) is 6.07 Å². The van der Waals surface area contributed by atoms with E-state index in [9.17, 15) is 4.79 Å². The molecular formula is C22H22N4O2. The van der Waals surface area contributed by atoms with Gasteiger partial charge in [0.25, 0.3) is 5.91 Å². The van der Waals surface area contributed by atoms with E-state index in [1.165, 1.54) is 6.42 Å². The van der Waals surface area contributed by atoms with Gasteiger partial charge in [-0.25, -0.2) is 4.98 Å². The molecule has 0 bridgehead atoms. The number of fused-ring (bicyclic) bond motifs is 2. The molecule has 0 radical (unpaired) electrons. The molecule has 1 fully saturated rings. The number of ether oxygens (including phenoxy) is 1. The number of anilines is 2. The van der Waals surface area contributed by atoms with E-state index in [4.69, 9.17) is 4.74 Å². The Morgan fingerprint density at radius 1 is 0.964 bits per heavy atom. The largest absolute Gasteiger partial charge is 0.488 e. The van der Waals surface area contributed by atoms with Crippen molar-refractivity contribution in [3.63, 3.8) is 0 Å². The van der Waals surface area contributed by atoms with Crippen molar-refractivity contribution in [2.24, 2.45) is 0 Å². The van der Waals surface area contributed by atoms with Crippen molar-refractivity contribution in [2.45, 2.75) is 19.3 Å². The Morgan fingerprint density at radius 2 is 1.86 bits per heavy atom. The highest BCUT2D eigenvalue weighted by atomic mass is 16.5. The van der Waals surface area contributed by atoms with E-state index in [1.54, 1.807) is 12.4 Å². The molecule has 0 unspecified atom stereocenters. The number of pyridine rings is 2. The monoisotopic (exact) mass is 374 g/mol. The molecule has 5 rings (SSSR count). The summed E-state index contributed by atoms with van der Waals surface area (Å²) in [7, 11) is 0. The van der Waals surface area contributed by atoms with Crippen LogP contribution in [0.4, 0.5) is 11.5 Å². The van der Waals surface area contributed by atoms with E-state index >= 15 is 0 Å². The Hall–Kier alpha value is -3.15. The number of aromatic nitrogens is 2. The van der Waals surface area contributed by atoms with Gasteiger partial charge in [-0.15, -0.1) is 0 Å². The van der Waals surface area contributed by atoms with Gasteiger partial charge in [-0.3, -0.25) is 9.78 Å². The third kappa shape index (κ3) is 3.05. The van der Waals surface area contributed by atoms with Crippen molar-refractivity contribution >= 4 is 28.2 Å². The lowest BCUT2D eigenvalue weighted by Crippen LogP contribution is -2.36. The fraction of sp³-hybridized carbons (Fsp3) is 0.318. The minimum Gasteiger partial charge on any atom is -0.488 e. The second-order valence-corrected chi connectivity index (χ2v) is 7.31. The average Bonchev–Trinajstić information content (AvgIpc) is 2.78. The molecule has 2 aliphatic rings. The SMILES string of the molecule is O=C(c1cnc2c(c1)OCCN2c1ccc2ccncc2c1)N1CCCCC1. The van der Waals surface area contributed by atoms with Gasteiger partial charge in [-0.05, 0) is 48.9 Å². The highest BCUT2D eigenvalue weighted by Crippen LogP contribution is 2.36. The van der Waals surface area contributed by atoms with Crippen molar-refractivity contribution in [3.05, 3.63) is 54.5 Å². The van der Waals surface area contributed by atoms with Gasteiger partial charge in [-0.2, -0.15) is 0 Å². The van der Waals surface area contributed by atoms with Crippen molar-refractivity contribution in [1.29, 1.82) is 0 Å². The highest BCUT2D eigenvalue weighted by Gasteiger charge is 2.25. The maximum absolute atomic E-state index is 12.8. The number of hydrogen-bond acceptors (Lipinski definition) is 5. The van der Waals surface area contributed by atoms with Crippen LogP contribution in [0.5, 0.6) is 5.75 Å². The van der Waals surface area contributed by atoms with Crippen LogP contribution in [-0.2, 0) is 0 Å². The lowest BCUT2D eigenvalue weighted by atomic mass is 10.1. The van der Waals surface area contributed by atoms with Crippen LogP contribution in [0, 0.1) is 0 Å². The topological polar surface area (TPSA) is 58.6 Å². The summed E-state index contributed by atoms with van der Waals surface area (Å²) in [6.07, 6.45) is 8.70. The molecule has 28 heavy (non-hydrogen) atoms. The van der Waals surface area contributed by atoms with E-state index in [-0.39, 0.29) is 5.91 Å². The summed E-state index contributed by atoms with van der Waals surface area (Å²) < 4.78 is 5.85. The molecule has 0 aliphatic carbocycles. The first-order valence-electron chi connectivity index (χ1n) is 9.83. The number of nitrogens with zero attached hydrogens (tertiary/aromatic N) is 4. The molecular weight excluding hydrogens is 352 g/mol. The summed E-state index contributed by atoms with van der Waals surface area (Å²) in [6, 6.07) is 10.1. The number of carbonyl (C=O) groups is 1. The van der Waals surface area contributed by atoms with Crippen LogP contribution in [0.25, 0.3) is 10.8 Å². The average molecular weight is 374 g/mol. The lowest BCUT2D eigenvalue weighted by molar-refractivity contribution is 0.0723. The number of likely N-dealkylation sites (tertiary alicyclic amines) is 1. The summed E-state index contributed by atoms with van der Waals surface area (Å²) in [5.41, 5.74) is 1.65. The quantitative estimate of drug-likeness (QED) is 0.683. The molecule has 0 atom stereocenters. The number of rotatable bonds is 2. The molecule has 142 valence electrons. The first-order valence-corrected chi connectivity index (χ1v) is 9.83. The molecule has 0 spiro atoms. The van der Waals surface area contributed by atoms with Gasteiger partial charge >= 0.3 is 0 Å². The highest BCUT2D eigenvalue weighted by molar-refractivity contribution is 5.95. The molecule has 2 aromatic heterocycles. The predicted molar refractivity (Wildman–Crippen MR) is 108 cm³/mol. The van der Waals surface area contributed by atoms with Crippen molar-refractivity contribution in [2.75, 3.05) is 31.1 Å². The van der Waals surface area contributed by atoms with Crippen molar-refractivity contribution in [1.82, 2.24) is 14.9 Å². The van der Waals surface area contributed by atoms with Gasteiger partial charge in [0.1, 0.15) is 6.61 Å². The number of hydrogen-bond donors (Lipinski definition) is 0. The minimum absolute atomic E-state index is 0.0486. The Labute approximate surface area is 163 Å². The van der Waals surface area contributed by atoms with Gasteiger partial charge in [0.2, 0.25) is 0 Å². The summed E-state index contributed by atoms with van der Waals surface area (Å²) in [5.74, 6) is 1.47. The van der Waals surface area contributed by atoms with Crippen LogP contribution in [0.3, 0.4) is 0 Å². The molecule has 1 amide bonds. The van der Waals surface area contributed by atoms with E-state index in [2.05, 4.69) is 33.1 Å². The van der Waals surface area contributed by atoms with Crippen LogP contribution in [-0.4, -0.2) is 47.0 Å². The normalized spacial score (nSPS) is 16.6. The van der Waals surface area contributed by atoms with Crippen molar-refractivity contribution in [3.8, 4) is 5.75 Å². The number of amides is 1. The lowest BCUT2D eigenvalue weighted by Gasteiger charge is -2.31. The van der Waals surface area contributed by atoms with Gasteiger partial charge in [0.05, 0.1) is 12.1 Å². The van der Waals surface area contributed by atoms with E-state index in [1.807, 2.05) is 23.2 Å². The number of benzene rings is 1. The van der Waals surface area contributed by atoms with Crippen LogP contribution in [0.15, 0.2) is 48.9 Å². The number of carbonyl (C=O) groups excluding carboxylic acids is 1. The van der Waals surface area contributed by atoms with E-state index in [0.29, 0.717) is 24.5 Å². The van der Waals surface area contributed by atoms with Gasteiger partial charge < -0.3 is 14.5 Å². The van der Waals surface area contributed by atoms with Crippen molar-refractivity contribution < 1.29 is 9.53 Å². The fourth-order valence-corrected chi connectivity index (χ4v) is 3.99. The Bertz CT molecular complexity index is 1030. The Balaban J connectivity index is 1.46. The molecule has 3 aromatic rings. The summed E-state index contributed by atoms with van der Waals surface area (Å²) >= 11 is 0. The maximum Gasteiger partial charge on any atom is 0.255 e. The Morgan fingerprint density at radius 3 is 2.75 bits per heavy atom. The van der Waals surface area contributed by atoms with Gasteiger partial charge in [0.15, 0.2) is 11.6 Å². The van der Waals surface area contributed by atoms with Crippen LogP contribution in [0.1, 0.15) is 29.6 Å². The molecule has 1 aromatic carbocycles. The summed E-state index contributed by atoms with van der Waals surface area (Å²) in [5, 5.41) is 2.24. The molecule has 4 heterocycles. The summed E-state index contributed by atoms with van der Waals surface area (Å²) in [4.78, 5) is 25.7. The second kappa shape index (κ2) is 7.11. The third-order valence-electron chi connectivity index (χ3n) is 5.49. The molecule has 0 saturated carbocycles. The molecule has 2 aliphatic heterocycles. The zero-order valence-corrected chi connectivity index (χ0v) is 15.7. The third-order valence-corrected chi connectivity index (χ3v) is 5.49. The van der Waals surface area contributed by atoms with Crippen LogP contribution < -0.4 is 9.64 Å². The molecule has 0 N–H and O–H groups in total. The smallest absolute Gasteiger partial charge is 0.255 e. The van der Waals surface area contributed by atoms with E-state index in [0.717, 1.165) is 48.2 Å². The number of piperidine rings is 1. The standard InChI is InChI=1S/C22H22N4O2/c27-22(25-8-2-1-3-9-25)18-13-20-21(24-15-18)26(10-11-28-20)19-5-4-16-6-7-23-14-17(16)12-19/h4-7,12-15H,1-3,8-11H2. The van der Waals surface area contributed by atoms with Crippen LogP contribution >= 0.6 is 0 Å². The van der Waals surface area contributed by atoms with E-state index < -0.39 is 0 Å². The molecule has 6 heteroatoms. The predicted octanol–water partition coefficient (Wildman–Crippen LogP) is 3.79. The summed E-state index contributed by atoms with van der Waals surface area (Å²) in [6.45, 7) is 2.92.